The van der Waals surface area contributed by atoms with Crippen molar-refractivity contribution in [2.45, 2.75) is 51.7 Å². The standard InChI is InChI=1S/C11H19N3O2/c1-10(2)8(15-11(3,4)16-10)7-14-6-5-9(12)13-14/h5-6,8H,7H2,1-4H3,(H2,12,13). The summed E-state index contributed by atoms with van der Waals surface area (Å²) in [6, 6.07) is 1.77. The first kappa shape index (κ1) is 11.4. The number of aromatic nitrogens is 2. The van der Waals surface area contributed by atoms with Crippen LogP contribution in [0.4, 0.5) is 5.82 Å². The van der Waals surface area contributed by atoms with Crippen LogP contribution in [0.2, 0.25) is 0 Å². The smallest absolute Gasteiger partial charge is 0.164 e. The molecular formula is C11H19N3O2. The van der Waals surface area contributed by atoms with Crippen molar-refractivity contribution in [3.05, 3.63) is 12.3 Å². The second-order valence-corrected chi connectivity index (χ2v) is 5.17. The lowest BCUT2D eigenvalue weighted by Gasteiger charge is -2.23. The molecule has 16 heavy (non-hydrogen) atoms. The zero-order valence-electron chi connectivity index (χ0n) is 10.2. The average molecular weight is 225 g/mol. The van der Waals surface area contributed by atoms with Gasteiger partial charge in [0.1, 0.15) is 11.9 Å². The van der Waals surface area contributed by atoms with Gasteiger partial charge in [0.05, 0.1) is 12.1 Å². The van der Waals surface area contributed by atoms with E-state index in [1.54, 1.807) is 10.7 Å². The number of anilines is 1. The second-order valence-electron chi connectivity index (χ2n) is 5.17. The molecule has 1 saturated heterocycles. The van der Waals surface area contributed by atoms with Crippen LogP contribution in [0.3, 0.4) is 0 Å². The molecule has 0 saturated carbocycles. The number of hydrogen-bond donors (Lipinski definition) is 1. The minimum atomic E-state index is -0.535. The van der Waals surface area contributed by atoms with Gasteiger partial charge in [0, 0.05) is 6.20 Å². The summed E-state index contributed by atoms with van der Waals surface area (Å²) in [5.41, 5.74) is 5.25. The van der Waals surface area contributed by atoms with E-state index in [1.807, 2.05) is 33.9 Å². The highest BCUT2D eigenvalue weighted by molar-refractivity contribution is 5.23. The van der Waals surface area contributed by atoms with E-state index in [0.29, 0.717) is 12.4 Å². The molecule has 1 unspecified atom stereocenters. The largest absolute Gasteiger partial charge is 0.382 e. The monoisotopic (exact) mass is 225 g/mol. The maximum atomic E-state index is 5.85. The lowest BCUT2D eigenvalue weighted by molar-refractivity contribution is -0.157. The Balaban J connectivity index is 2.10. The van der Waals surface area contributed by atoms with Crippen molar-refractivity contribution < 1.29 is 9.47 Å². The van der Waals surface area contributed by atoms with Gasteiger partial charge in [0.25, 0.3) is 0 Å². The number of nitrogens with two attached hydrogens (primary N) is 1. The Morgan fingerprint density at radius 1 is 1.44 bits per heavy atom. The fourth-order valence-electron chi connectivity index (χ4n) is 2.11. The third-order valence-electron chi connectivity index (χ3n) is 2.72. The molecule has 1 aliphatic rings. The summed E-state index contributed by atoms with van der Waals surface area (Å²) in [6.07, 6.45) is 1.82. The second kappa shape index (κ2) is 3.46. The maximum absolute atomic E-state index is 5.85. The van der Waals surface area contributed by atoms with Crippen molar-refractivity contribution in [2.24, 2.45) is 0 Å². The zero-order chi connectivity index (χ0) is 12.0. The lowest BCUT2D eigenvalue weighted by atomic mass is 10.0. The van der Waals surface area contributed by atoms with Gasteiger partial charge in [-0.2, -0.15) is 5.10 Å². The van der Waals surface area contributed by atoms with Gasteiger partial charge in [-0.3, -0.25) is 4.68 Å². The highest BCUT2D eigenvalue weighted by Crippen LogP contribution is 2.36. The molecule has 1 aliphatic heterocycles. The Labute approximate surface area is 95.5 Å². The Bertz CT molecular complexity index is 384. The first-order valence-electron chi connectivity index (χ1n) is 5.45. The predicted molar refractivity (Wildman–Crippen MR) is 60.8 cm³/mol. The summed E-state index contributed by atoms with van der Waals surface area (Å²) >= 11 is 0. The molecule has 2 rings (SSSR count). The average Bonchev–Trinajstić information content (AvgIpc) is 2.55. The first-order chi connectivity index (χ1) is 7.28. The number of nitrogens with zero attached hydrogens (tertiary/aromatic N) is 2. The van der Waals surface area contributed by atoms with E-state index in [4.69, 9.17) is 15.2 Å². The highest BCUT2D eigenvalue weighted by atomic mass is 16.8. The van der Waals surface area contributed by atoms with Crippen molar-refractivity contribution in [1.29, 1.82) is 0 Å². The molecule has 90 valence electrons. The molecule has 5 nitrogen and oxygen atoms in total. The number of rotatable bonds is 2. The van der Waals surface area contributed by atoms with Crippen LogP contribution in [-0.4, -0.2) is 27.3 Å². The molecule has 1 fully saturated rings. The normalized spacial score (nSPS) is 27.1. The van der Waals surface area contributed by atoms with Crippen LogP contribution in [0.15, 0.2) is 12.3 Å². The molecule has 0 aromatic carbocycles. The summed E-state index contributed by atoms with van der Waals surface area (Å²) < 4.78 is 13.5. The van der Waals surface area contributed by atoms with Gasteiger partial charge < -0.3 is 15.2 Å². The van der Waals surface area contributed by atoms with E-state index < -0.39 is 5.79 Å². The molecule has 0 amide bonds. The Morgan fingerprint density at radius 2 is 2.12 bits per heavy atom. The van der Waals surface area contributed by atoms with E-state index in [-0.39, 0.29) is 11.7 Å². The topological polar surface area (TPSA) is 62.3 Å². The molecule has 1 atom stereocenters. The Hall–Kier alpha value is -1.07. The van der Waals surface area contributed by atoms with Crippen LogP contribution < -0.4 is 5.73 Å². The van der Waals surface area contributed by atoms with Gasteiger partial charge in [0.15, 0.2) is 5.79 Å². The molecule has 1 aromatic heterocycles. The SMILES string of the molecule is CC1(C)OC(Cn2ccc(N)n2)C(C)(C)O1. The molecular weight excluding hydrogens is 206 g/mol. The lowest BCUT2D eigenvalue weighted by Crippen LogP contribution is -2.36. The minimum Gasteiger partial charge on any atom is -0.382 e. The summed E-state index contributed by atoms with van der Waals surface area (Å²) in [6.45, 7) is 8.55. The van der Waals surface area contributed by atoms with Crippen molar-refractivity contribution in [2.75, 3.05) is 5.73 Å². The van der Waals surface area contributed by atoms with Crippen molar-refractivity contribution in [1.82, 2.24) is 9.78 Å². The fourth-order valence-corrected chi connectivity index (χ4v) is 2.11. The number of hydrogen-bond acceptors (Lipinski definition) is 4. The summed E-state index contributed by atoms with van der Waals surface area (Å²) in [5, 5.41) is 4.15. The molecule has 2 N–H and O–H groups in total. The molecule has 2 heterocycles. The third kappa shape index (κ3) is 2.20. The molecule has 1 aromatic rings. The van der Waals surface area contributed by atoms with Crippen LogP contribution in [0.1, 0.15) is 27.7 Å². The highest BCUT2D eigenvalue weighted by Gasteiger charge is 2.47. The zero-order valence-corrected chi connectivity index (χ0v) is 10.2. The third-order valence-corrected chi connectivity index (χ3v) is 2.72. The quantitative estimate of drug-likeness (QED) is 0.826. The minimum absolute atomic E-state index is 0.0261. The van der Waals surface area contributed by atoms with Crippen molar-refractivity contribution in [3.8, 4) is 0 Å². The van der Waals surface area contributed by atoms with Crippen LogP contribution in [0, 0.1) is 0 Å². The van der Waals surface area contributed by atoms with Crippen LogP contribution in [-0.2, 0) is 16.0 Å². The van der Waals surface area contributed by atoms with Crippen LogP contribution in [0.25, 0.3) is 0 Å². The van der Waals surface area contributed by atoms with E-state index in [2.05, 4.69) is 5.10 Å². The summed E-state index contributed by atoms with van der Waals surface area (Å²) in [7, 11) is 0. The van der Waals surface area contributed by atoms with E-state index in [9.17, 15) is 0 Å². The van der Waals surface area contributed by atoms with Crippen molar-refractivity contribution >= 4 is 5.82 Å². The molecule has 0 radical (unpaired) electrons. The Morgan fingerprint density at radius 3 is 2.56 bits per heavy atom. The summed E-state index contributed by atoms with van der Waals surface area (Å²) in [4.78, 5) is 0. The maximum Gasteiger partial charge on any atom is 0.164 e. The predicted octanol–water partition coefficient (Wildman–Crippen LogP) is 1.40. The number of ether oxygens (including phenoxy) is 2. The fraction of sp³-hybridized carbons (Fsp3) is 0.727. The van der Waals surface area contributed by atoms with Gasteiger partial charge in [-0.25, -0.2) is 0 Å². The van der Waals surface area contributed by atoms with Crippen LogP contribution >= 0.6 is 0 Å². The Kier molecular flexibility index (Phi) is 2.47. The molecule has 0 bridgehead atoms. The van der Waals surface area contributed by atoms with Gasteiger partial charge in [-0.1, -0.05) is 0 Å². The number of nitrogen functional groups attached to an aromatic ring is 1. The van der Waals surface area contributed by atoms with E-state index >= 15 is 0 Å². The van der Waals surface area contributed by atoms with Gasteiger partial charge in [-0.15, -0.1) is 0 Å². The van der Waals surface area contributed by atoms with Gasteiger partial charge in [-0.05, 0) is 33.8 Å². The van der Waals surface area contributed by atoms with Crippen LogP contribution in [0.5, 0.6) is 0 Å². The van der Waals surface area contributed by atoms with E-state index in [0.717, 1.165) is 0 Å². The van der Waals surface area contributed by atoms with E-state index in [1.165, 1.54) is 0 Å². The molecule has 5 heteroatoms. The molecule has 0 spiro atoms. The van der Waals surface area contributed by atoms with Gasteiger partial charge >= 0.3 is 0 Å². The molecule has 0 aliphatic carbocycles. The van der Waals surface area contributed by atoms with Crippen molar-refractivity contribution in [3.63, 3.8) is 0 Å². The first-order valence-corrected chi connectivity index (χ1v) is 5.45. The summed E-state index contributed by atoms with van der Waals surface area (Å²) in [5.74, 6) is -0.0108. The van der Waals surface area contributed by atoms with Gasteiger partial charge in [0.2, 0.25) is 0 Å².